The van der Waals surface area contributed by atoms with Crippen LogP contribution in [0, 0.1) is 0 Å². The summed E-state index contributed by atoms with van der Waals surface area (Å²) in [6.07, 6.45) is 0. The number of rotatable bonds is 4. The minimum absolute atomic E-state index is 0.0718. The number of fused-ring (bicyclic) bond motifs is 2. The van der Waals surface area contributed by atoms with Crippen LogP contribution in [0.4, 0.5) is 0 Å². The molecule has 6 rings (SSSR count). The number of morpholine rings is 1. The number of aromatic nitrogens is 2. The second-order valence-corrected chi connectivity index (χ2v) is 11.0. The van der Waals surface area contributed by atoms with E-state index >= 15 is 0 Å². The van der Waals surface area contributed by atoms with Gasteiger partial charge in [-0.3, -0.25) is 4.79 Å². The molecule has 0 unspecified atom stereocenters. The standard InChI is InChI=1S/C28H22ClN3O4S/c29-21-9-11-22(12-10-21)37(34,35)32-26-18-20(28(33)31-14-16-36-17-15-31)8-13-25(26)30-27(32)24-7-3-5-19-4-1-2-6-23(19)24/h1-13,18H,14-17H2. The Hall–Kier alpha value is -3.72. The van der Waals surface area contributed by atoms with Crippen LogP contribution in [0.3, 0.4) is 0 Å². The number of ether oxygens (including phenoxy) is 1. The van der Waals surface area contributed by atoms with Crippen molar-refractivity contribution in [2.24, 2.45) is 0 Å². The summed E-state index contributed by atoms with van der Waals surface area (Å²) >= 11 is 6.04. The third kappa shape index (κ3) is 4.17. The fourth-order valence-electron chi connectivity index (χ4n) is 4.68. The molecule has 0 atom stereocenters. The van der Waals surface area contributed by atoms with Crippen LogP contribution in [0.1, 0.15) is 10.4 Å². The molecule has 0 spiro atoms. The highest BCUT2D eigenvalue weighted by molar-refractivity contribution is 7.90. The predicted molar refractivity (Wildman–Crippen MR) is 143 cm³/mol. The van der Waals surface area contributed by atoms with Gasteiger partial charge in [0.1, 0.15) is 0 Å². The largest absolute Gasteiger partial charge is 0.378 e. The Morgan fingerprint density at radius 1 is 0.892 bits per heavy atom. The van der Waals surface area contributed by atoms with Gasteiger partial charge >= 0.3 is 0 Å². The number of hydrogen-bond acceptors (Lipinski definition) is 5. The highest BCUT2D eigenvalue weighted by Crippen LogP contribution is 2.34. The molecule has 0 radical (unpaired) electrons. The highest BCUT2D eigenvalue weighted by Gasteiger charge is 2.27. The summed E-state index contributed by atoms with van der Waals surface area (Å²) in [6.45, 7) is 1.92. The predicted octanol–water partition coefficient (Wildman–Crippen LogP) is 5.22. The van der Waals surface area contributed by atoms with E-state index in [1.165, 1.54) is 16.1 Å². The molecule has 0 aliphatic carbocycles. The number of amides is 1. The molecule has 7 nitrogen and oxygen atoms in total. The van der Waals surface area contributed by atoms with Gasteiger partial charge in [-0.05, 0) is 53.2 Å². The lowest BCUT2D eigenvalue weighted by Gasteiger charge is -2.26. The van der Waals surface area contributed by atoms with Crippen molar-refractivity contribution in [3.05, 3.63) is 95.5 Å². The van der Waals surface area contributed by atoms with Gasteiger partial charge in [0.05, 0.1) is 29.1 Å². The Bertz CT molecular complexity index is 1750. The molecule has 0 saturated carbocycles. The second-order valence-electron chi connectivity index (χ2n) is 8.79. The van der Waals surface area contributed by atoms with E-state index in [0.717, 1.165) is 10.8 Å². The van der Waals surface area contributed by atoms with Crippen molar-refractivity contribution in [1.82, 2.24) is 13.9 Å². The molecule has 0 bridgehead atoms. The van der Waals surface area contributed by atoms with Crippen LogP contribution in [0.15, 0.2) is 89.8 Å². The van der Waals surface area contributed by atoms with Crippen LogP contribution >= 0.6 is 11.6 Å². The number of carbonyl (C=O) groups is 1. The first kappa shape index (κ1) is 23.7. The molecule has 0 N–H and O–H groups in total. The molecule has 1 aliphatic heterocycles. The third-order valence-electron chi connectivity index (χ3n) is 6.54. The molecule has 1 fully saturated rings. The molecule has 9 heteroatoms. The molecular weight excluding hydrogens is 510 g/mol. The summed E-state index contributed by atoms with van der Waals surface area (Å²) in [5.41, 5.74) is 1.87. The van der Waals surface area contributed by atoms with Crippen LogP contribution in [0.2, 0.25) is 5.02 Å². The van der Waals surface area contributed by atoms with Gasteiger partial charge in [-0.25, -0.2) is 17.4 Å². The molecule has 1 aliphatic rings. The molecule has 2 heterocycles. The summed E-state index contributed by atoms with van der Waals surface area (Å²) in [6, 6.07) is 24.5. The van der Waals surface area contributed by atoms with E-state index in [4.69, 9.17) is 21.3 Å². The van der Waals surface area contributed by atoms with E-state index in [9.17, 15) is 13.2 Å². The van der Waals surface area contributed by atoms with E-state index in [-0.39, 0.29) is 16.6 Å². The molecular formula is C28H22ClN3O4S. The minimum Gasteiger partial charge on any atom is -0.378 e. The van der Waals surface area contributed by atoms with E-state index in [1.54, 1.807) is 35.2 Å². The quantitative estimate of drug-likeness (QED) is 0.317. The zero-order valence-electron chi connectivity index (χ0n) is 19.7. The van der Waals surface area contributed by atoms with Gasteiger partial charge in [0.25, 0.3) is 15.9 Å². The summed E-state index contributed by atoms with van der Waals surface area (Å²) in [4.78, 5) is 19.8. The van der Waals surface area contributed by atoms with Crippen LogP contribution in [-0.2, 0) is 14.8 Å². The Morgan fingerprint density at radius 2 is 1.62 bits per heavy atom. The van der Waals surface area contributed by atoms with Crippen LogP contribution in [-0.4, -0.2) is 54.5 Å². The van der Waals surface area contributed by atoms with Crippen LogP contribution < -0.4 is 0 Å². The SMILES string of the molecule is O=C(c1ccc2nc(-c3cccc4ccccc34)n(S(=O)(=O)c3ccc(Cl)cc3)c2c1)N1CCOCC1. The average molecular weight is 532 g/mol. The van der Waals surface area contributed by atoms with Crippen molar-refractivity contribution in [1.29, 1.82) is 0 Å². The van der Waals surface area contributed by atoms with Gasteiger partial charge in [-0.2, -0.15) is 0 Å². The van der Waals surface area contributed by atoms with E-state index in [0.29, 0.717) is 53.5 Å². The maximum absolute atomic E-state index is 14.1. The molecule has 5 aromatic rings. The number of imidazole rings is 1. The van der Waals surface area contributed by atoms with E-state index in [1.807, 2.05) is 42.5 Å². The maximum Gasteiger partial charge on any atom is 0.269 e. The van der Waals surface area contributed by atoms with Crippen molar-refractivity contribution in [3.63, 3.8) is 0 Å². The zero-order valence-corrected chi connectivity index (χ0v) is 21.2. The number of hydrogen-bond donors (Lipinski definition) is 0. The van der Waals surface area contributed by atoms with Gasteiger partial charge in [0.2, 0.25) is 0 Å². The van der Waals surface area contributed by atoms with Gasteiger partial charge in [-0.1, -0.05) is 54.1 Å². The normalized spacial score (nSPS) is 14.4. The maximum atomic E-state index is 14.1. The third-order valence-corrected chi connectivity index (χ3v) is 8.51. The molecule has 186 valence electrons. The van der Waals surface area contributed by atoms with E-state index in [2.05, 4.69) is 0 Å². The number of carbonyl (C=O) groups excluding carboxylic acids is 1. The summed E-state index contributed by atoms with van der Waals surface area (Å²) in [5, 5.41) is 2.27. The fourth-order valence-corrected chi connectivity index (χ4v) is 6.27. The summed E-state index contributed by atoms with van der Waals surface area (Å²) < 4.78 is 34.8. The van der Waals surface area contributed by atoms with Crippen LogP contribution in [0.25, 0.3) is 33.2 Å². The van der Waals surface area contributed by atoms with Crippen molar-refractivity contribution < 1.29 is 17.9 Å². The molecule has 4 aromatic carbocycles. The average Bonchev–Trinajstić information content (AvgIpc) is 3.32. The molecule has 37 heavy (non-hydrogen) atoms. The Kier molecular flexibility index (Phi) is 5.95. The lowest BCUT2D eigenvalue weighted by molar-refractivity contribution is 0.0303. The number of nitrogens with zero attached hydrogens (tertiary/aromatic N) is 3. The first-order valence-electron chi connectivity index (χ1n) is 11.8. The first-order valence-corrected chi connectivity index (χ1v) is 13.6. The summed E-state index contributed by atoms with van der Waals surface area (Å²) in [5.74, 6) is 0.103. The van der Waals surface area contributed by atoms with Crippen molar-refractivity contribution in [2.45, 2.75) is 4.90 Å². The van der Waals surface area contributed by atoms with Crippen molar-refractivity contribution >= 4 is 49.3 Å². The Labute approximate surface area is 218 Å². The lowest BCUT2D eigenvalue weighted by atomic mass is 10.0. The van der Waals surface area contributed by atoms with Crippen molar-refractivity contribution in [3.8, 4) is 11.4 Å². The summed E-state index contributed by atoms with van der Waals surface area (Å²) in [7, 11) is -4.10. The monoisotopic (exact) mass is 531 g/mol. The van der Waals surface area contributed by atoms with Gasteiger partial charge in [-0.15, -0.1) is 0 Å². The molecule has 1 aromatic heterocycles. The molecule has 1 saturated heterocycles. The van der Waals surface area contributed by atoms with Gasteiger partial charge in [0, 0.05) is 29.2 Å². The highest BCUT2D eigenvalue weighted by atomic mass is 35.5. The Morgan fingerprint density at radius 3 is 2.41 bits per heavy atom. The minimum atomic E-state index is -4.10. The van der Waals surface area contributed by atoms with Gasteiger partial charge < -0.3 is 9.64 Å². The lowest BCUT2D eigenvalue weighted by Crippen LogP contribution is -2.40. The smallest absolute Gasteiger partial charge is 0.269 e. The fraction of sp³-hybridized carbons (Fsp3) is 0.143. The van der Waals surface area contributed by atoms with E-state index < -0.39 is 10.0 Å². The molecule has 1 amide bonds. The van der Waals surface area contributed by atoms with Crippen molar-refractivity contribution in [2.75, 3.05) is 26.3 Å². The zero-order chi connectivity index (χ0) is 25.6. The Balaban J connectivity index is 1.61. The van der Waals surface area contributed by atoms with Gasteiger partial charge in [0.15, 0.2) is 5.82 Å². The number of benzene rings is 4. The topological polar surface area (TPSA) is 81.5 Å². The second kappa shape index (κ2) is 9.30. The van der Waals surface area contributed by atoms with Crippen LogP contribution in [0.5, 0.6) is 0 Å². The first-order chi connectivity index (χ1) is 17.9. The number of halogens is 1.